The summed E-state index contributed by atoms with van der Waals surface area (Å²) in [6.07, 6.45) is 1.99. The van der Waals surface area contributed by atoms with Crippen molar-refractivity contribution in [1.29, 1.82) is 0 Å². The van der Waals surface area contributed by atoms with Crippen LogP contribution in [0, 0.1) is 0 Å². The molecule has 4 heteroatoms. The molecule has 0 atom stereocenters. The van der Waals surface area contributed by atoms with Gasteiger partial charge in [-0.2, -0.15) is 0 Å². The zero-order chi connectivity index (χ0) is 16.7. The van der Waals surface area contributed by atoms with Crippen molar-refractivity contribution in [2.24, 2.45) is 4.99 Å². The molecule has 0 aliphatic carbocycles. The van der Waals surface area contributed by atoms with E-state index in [2.05, 4.69) is 15.0 Å². The van der Waals surface area contributed by atoms with Crippen molar-refractivity contribution >= 4 is 17.4 Å². The van der Waals surface area contributed by atoms with Gasteiger partial charge in [0.25, 0.3) is 0 Å². The maximum atomic E-state index is 11.4. The van der Waals surface area contributed by atoms with E-state index in [-0.39, 0.29) is 5.97 Å². The summed E-state index contributed by atoms with van der Waals surface area (Å²) in [5.41, 5.74) is 4.36. The molecule has 0 aromatic heterocycles. The molecule has 23 heavy (non-hydrogen) atoms. The van der Waals surface area contributed by atoms with Gasteiger partial charge >= 0.3 is 5.97 Å². The molecule has 0 radical (unpaired) electrons. The summed E-state index contributed by atoms with van der Waals surface area (Å²) in [7, 11) is 3.15. The number of allylic oxidation sites excluding steroid dienone is 2. The van der Waals surface area contributed by atoms with E-state index < -0.39 is 0 Å². The number of hydrogen-bond donors (Lipinski definition) is 1. The van der Waals surface area contributed by atoms with Crippen molar-refractivity contribution in [2.75, 3.05) is 19.5 Å². The van der Waals surface area contributed by atoms with Gasteiger partial charge < -0.3 is 10.1 Å². The lowest BCUT2D eigenvalue weighted by molar-refractivity contribution is 0.0601. The number of esters is 1. The van der Waals surface area contributed by atoms with Crippen LogP contribution in [0.1, 0.15) is 22.8 Å². The number of anilines is 1. The zero-order valence-electron chi connectivity index (χ0n) is 13.5. The van der Waals surface area contributed by atoms with E-state index in [4.69, 9.17) is 0 Å². The molecule has 2 aromatic rings. The fraction of sp³-hybridized carbons (Fsp3) is 0.158. The third-order valence-corrected chi connectivity index (χ3v) is 3.31. The second-order valence-corrected chi connectivity index (χ2v) is 5.00. The van der Waals surface area contributed by atoms with Gasteiger partial charge in [0.15, 0.2) is 0 Å². The molecule has 2 aromatic carbocycles. The lowest BCUT2D eigenvalue weighted by Gasteiger charge is -2.09. The van der Waals surface area contributed by atoms with Crippen LogP contribution < -0.4 is 5.32 Å². The van der Waals surface area contributed by atoms with Crippen molar-refractivity contribution in [1.82, 2.24) is 0 Å². The number of benzene rings is 2. The van der Waals surface area contributed by atoms with E-state index in [0.717, 1.165) is 22.7 Å². The van der Waals surface area contributed by atoms with Gasteiger partial charge in [0.2, 0.25) is 0 Å². The Morgan fingerprint density at radius 1 is 1.04 bits per heavy atom. The third-order valence-electron chi connectivity index (χ3n) is 3.31. The highest BCUT2D eigenvalue weighted by molar-refractivity contribution is 6.09. The van der Waals surface area contributed by atoms with Crippen molar-refractivity contribution in [3.63, 3.8) is 0 Å². The Morgan fingerprint density at radius 2 is 1.70 bits per heavy atom. The van der Waals surface area contributed by atoms with Gasteiger partial charge in [-0.15, -0.1) is 0 Å². The number of aliphatic imine (C=N–C) groups is 1. The predicted octanol–water partition coefficient (Wildman–Crippen LogP) is 3.91. The fourth-order valence-electron chi connectivity index (χ4n) is 2.16. The van der Waals surface area contributed by atoms with Crippen LogP contribution in [0.3, 0.4) is 0 Å². The van der Waals surface area contributed by atoms with Gasteiger partial charge in [-0.1, -0.05) is 30.3 Å². The molecular weight excluding hydrogens is 288 g/mol. The summed E-state index contributed by atoms with van der Waals surface area (Å²) in [6.45, 7) is 1.97. The molecule has 0 saturated carbocycles. The molecule has 0 bridgehead atoms. The second-order valence-electron chi connectivity index (χ2n) is 5.00. The minimum atomic E-state index is -0.340. The Morgan fingerprint density at radius 3 is 2.26 bits per heavy atom. The summed E-state index contributed by atoms with van der Waals surface area (Å²) in [5.74, 6) is -0.340. The van der Waals surface area contributed by atoms with Crippen LogP contribution in [0.4, 0.5) is 5.69 Å². The maximum Gasteiger partial charge on any atom is 0.337 e. The topological polar surface area (TPSA) is 50.7 Å². The second kappa shape index (κ2) is 7.94. The number of hydrogen-bond acceptors (Lipinski definition) is 4. The number of carbonyl (C=O) groups is 1. The van der Waals surface area contributed by atoms with Crippen molar-refractivity contribution in [2.45, 2.75) is 6.92 Å². The van der Waals surface area contributed by atoms with E-state index in [1.165, 1.54) is 7.11 Å². The minimum absolute atomic E-state index is 0.340. The first-order chi connectivity index (χ1) is 11.1. The first-order valence-corrected chi connectivity index (χ1v) is 7.30. The Bertz CT molecular complexity index is 717. The average Bonchev–Trinajstić information content (AvgIpc) is 2.60. The molecule has 0 fully saturated rings. The monoisotopic (exact) mass is 308 g/mol. The molecule has 0 spiro atoms. The summed E-state index contributed by atoms with van der Waals surface area (Å²) in [4.78, 5) is 15.7. The number of rotatable bonds is 5. The predicted molar refractivity (Wildman–Crippen MR) is 94.1 cm³/mol. The van der Waals surface area contributed by atoms with Crippen molar-refractivity contribution < 1.29 is 9.53 Å². The van der Waals surface area contributed by atoms with Crippen molar-refractivity contribution in [3.8, 4) is 0 Å². The Labute approximate surface area is 136 Å². The van der Waals surface area contributed by atoms with Crippen LogP contribution in [0.2, 0.25) is 0 Å². The Balaban J connectivity index is 2.11. The summed E-state index contributed by atoms with van der Waals surface area (Å²) >= 11 is 0. The minimum Gasteiger partial charge on any atom is -0.465 e. The quantitative estimate of drug-likeness (QED) is 0.673. The summed E-state index contributed by atoms with van der Waals surface area (Å²) in [6, 6.07) is 17.2. The Hall–Kier alpha value is -2.88. The summed E-state index contributed by atoms with van der Waals surface area (Å²) < 4.78 is 4.69. The third kappa shape index (κ3) is 4.54. The van der Waals surface area contributed by atoms with Gasteiger partial charge in [0.05, 0.1) is 18.4 Å². The molecular formula is C19H20N2O2. The van der Waals surface area contributed by atoms with E-state index in [1.54, 1.807) is 19.2 Å². The van der Waals surface area contributed by atoms with Crippen LogP contribution in [0.25, 0.3) is 0 Å². The Kier molecular flexibility index (Phi) is 5.69. The van der Waals surface area contributed by atoms with Crippen molar-refractivity contribution in [3.05, 3.63) is 77.5 Å². The smallest absolute Gasteiger partial charge is 0.337 e. The first-order valence-electron chi connectivity index (χ1n) is 7.30. The van der Waals surface area contributed by atoms with Crippen LogP contribution in [-0.2, 0) is 4.74 Å². The van der Waals surface area contributed by atoms with Gasteiger partial charge in [-0.25, -0.2) is 4.79 Å². The number of nitrogens with zero attached hydrogens (tertiary/aromatic N) is 1. The van der Waals surface area contributed by atoms with E-state index in [9.17, 15) is 4.79 Å². The molecule has 4 nitrogen and oxygen atoms in total. The van der Waals surface area contributed by atoms with Gasteiger partial charge in [-0.3, -0.25) is 4.99 Å². The van der Waals surface area contributed by atoms with E-state index >= 15 is 0 Å². The van der Waals surface area contributed by atoms with Crippen LogP contribution in [-0.4, -0.2) is 25.8 Å². The lowest BCUT2D eigenvalue weighted by atomic mass is 10.1. The van der Waals surface area contributed by atoms with Crippen LogP contribution in [0.5, 0.6) is 0 Å². The molecule has 2 rings (SSSR count). The first kappa shape index (κ1) is 16.5. The standard InChI is InChI=1S/C19H20N2O2/c1-14(13-18(20-2)15-7-5-4-6-8-15)21-17-11-9-16(10-12-17)19(22)23-3/h4-13,21H,1-3H3/b14-13-,20-18?. The molecule has 118 valence electrons. The average molecular weight is 308 g/mol. The largest absolute Gasteiger partial charge is 0.465 e. The summed E-state index contributed by atoms with van der Waals surface area (Å²) in [5, 5.41) is 3.29. The van der Waals surface area contributed by atoms with Gasteiger partial charge in [-0.05, 0) is 42.8 Å². The van der Waals surface area contributed by atoms with Crippen LogP contribution in [0.15, 0.2) is 71.4 Å². The SMILES string of the molecule is CN=C(/C=C(/C)Nc1ccc(C(=O)OC)cc1)c1ccccc1. The maximum absolute atomic E-state index is 11.4. The fourth-order valence-corrected chi connectivity index (χ4v) is 2.16. The zero-order valence-corrected chi connectivity index (χ0v) is 13.5. The normalized spacial score (nSPS) is 12.0. The molecule has 0 aliphatic rings. The number of ether oxygens (including phenoxy) is 1. The van der Waals surface area contributed by atoms with Gasteiger partial charge in [0, 0.05) is 18.4 Å². The lowest BCUT2D eigenvalue weighted by Crippen LogP contribution is -2.04. The highest BCUT2D eigenvalue weighted by Gasteiger charge is 2.04. The highest BCUT2D eigenvalue weighted by atomic mass is 16.5. The van der Waals surface area contributed by atoms with E-state index in [0.29, 0.717) is 5.56 Å². The van der Waals surface area contributed by atoms with Gasteiger partial charge in [0.1, 0.15) is 0 Å². The molecule has 0 saturated heterocycles. The number of carbonyl (C=O) groups excluding carboxylic acids is 1. The molecule has 1 N–H and O–H groups in total. The highest BCUT2D eigenvalue weighted by Crippen LogP contribution is 2.13. The number of methoxy groups -OCH3 is 1. The number of nitrogens with one attached hydrogen (secondary N) is 1. The van der Waals surface area contributed by atoms with Crippen LogP contribution >= 0.6 is 0 Å². The molecule has 0 aliphatic heterocycles. The molecule has 0 unspecified atom stereocenters. The molecule has 0 heterocycles. The molecule has 0 amide bonds. The van der Waals surface area contributed by atoms with E-state index in [1.807, 2.05) is 55.5 Å².